The molecule has 3 heteroatoms. The monoisotopic (exact) mass is 262 g/mol. The summed E-state index contributed by atoms with van der Waals surface area (Å²) in [6, 6.07) is 9.11. The molecular formula is C16H26N2O. The van der Waals surface area contributed by atoms with Gasteiger partial charge in [-0.3, -0.25) is 0 Å². The fourth-order valence-corrected chi connectivity index (χ4v) is 2.59. The minimum absolute atomic E-state index is 0.708. The van der Waals surface area contributed by atoms with E-state index in [9.17, 15) is 0 Å². The van der Waals surface area contributed by atoms with E-state index in [-0.39, 0.29) is 0 Å². The minimum atomic E-state index is 0.708. The molecule has 0 radical (unpaired) electrons. The third-order valence-corrected chi connectivity index (χ3v) is 3.75. The fourth-order valence-electron chi connectivity index (χ4n) is 2.59. The predicted molar refractivity (Wildman–Crippen MR) is 79.6 cm³/mol. The number of benzene rings is 1. The van der Waals surface area contributed by atoms with Gasteiger partial charge >= 0.3 is 0 Å². The van der Waals surface area contributed by atoms with Gasteiger partial charge in [-0.05, 0) is 50.6 Å². The summed E-state index contributed by atoms with van der Waals surface area (Å²) in [5.41, 5.74) is 1.30. The number of hydrogen-bond acceptors (Lipinski definition) is 3. The van der Waals surface area contributed by atoms with Gasteiger partial charge in [-0.1, -0.05) is 19.1 Å². The Morgan fingerprint density at radius 3 is 3.05 bits per heavy atom. The highest BCUT2D eigenvalue weighted by Gasteiger charge is 2.19. The highest BCUT2D eigenvalue weighted by atomic mass is 16.5. The molecule has 0 spiro atoms. The van der Waals surface area contributed by atoms with Crippen LogP contribution in [0.25, 0.3) is 0 Å². The molecule has 1 saturated heterocycles. The van der Waals surface area contributed by atoms with Gasteiger partial charge in [0.05, 0.1) is 6.61 Å². The Kier molecular flexibility index (Phi) is 5.67. The first kappa shape index (κ1) is 14.4. The zero-order valence-corrected chi connectivity index (χ0v) is 12.2. The molecule has 0 aromatic heterocycles. The molecular weight excluding hydrogens is 236 g/mol. The topological polar surface area (TPSA) is 24.5 Å². The third kappa shape index (κ3) is 4.51. The van der Waals surface area contributed by atoms with Gasteiger partial charge in [0.15, 0.2) is 0 Å². The predicted octanol–water partition coefficient (Wildman–Crippen LogP) is 2.66. The van der Waals surface area contributed by atoms with Crippen LogP contribution in [-0.2, 0) is 6.54 Å². The van der Waals surface area contributed by atoms with E-state index in [0.29, 0.717) is 6.04 Å². The Morgan fingerprint density at radius 2 is 2.32 bits per heavy atom. The molecule has 106 valence electrons. The molecule has 1 atom stereocenters. The van der Waals surface area contributed by atoms with Crippen LogP contribution in [0, 0.1) is 0 Å². The average molecular weight is 262 g/mol. The van der Waals surface area contributed by atoms with Crippen molar-refractivity contribution in [3.63, 3.8) is 0 Å². The third-order valence-electron chi connectivity index (χ3n) is 3.75. The van der Waals surface area contributed by atoms with Crippen LogP contribution >= 0.6 is 0 Å². The lowest BCUT2D eigenvalue weighted by Crippen LogP contribution is -2.35. The smallest absolute Gasteiger partial charge is 0.119 e. The lowest BCUT2D eigenvalue weighted by Gasteiger charge is -2.19. The van der Waals surface area contributed by atoms with Crippen molar-refractivity contribution >= 4 is 0 Å². The summed E-state index contributed by atoms with van der Waals surface area (Å²) in [7, 11) is 2.22. The molecule has 1 aliphatic heterocycles. The van der Waals surface area contributed by atoms with Gasteiger partial charge in [0.25, 0.3) is 0 Å². The van der Waals surface area contributed by atoms with Crippen molar-refractivity contribution in [1.29, 1.82) is 0 Å². The van der Waals surface area contributed by atoms with Crippen molar-refractivity contribution in [2.45, 2.75) is 38.8 Å². The summed E-state index contributed by atoms with van der Waals surface area (Å²) in [5, 5.41) is 3.56. The van der Waals surface area contributed by atoms with Crippen LogP contribution in [0.5, 0.6) is 5.75 Å². The van der Waals surface area contributed by atoms with Crippen molar-refractivity contribution < 1.29 is 4.74 Å². The summed E-state index contributed by atoms with van der Waals surface area (Å²) in [6.45, 7) is 6.17. The van der Waals surface area contributed by atoms with Gasteiger partial charge in [-0.25, -0.2) is 0 Å². The van der Waals surface area contributed by atoms with Crippen LogP contribution in [0.1, 0.15) is 31.7 Å². The first-order valence-corrected chi connectivity index (χ1v) is 7.42. The highest BCUT2D eigenvalue weighted by molar-refractivity contribution is 5.28. The molecule has 1 heterocycles. The van der Waals surface area contributed by atoms with Crippen molar-refractivity contribution in [2.75, 3.05) is 26.7 Å². The van der Waals surface area contributed by atoms with Gasteiger partial charge in [0, 0.05) is 19.1 Å². The maximum absolute atomic E-state index is 5.66. The van der Waals surface area contributed by atoms with E-state index in [1.807, 2.05) is 6.07 Å². The molecule has 1 fully saturated rings. The number of nitrogens with one attached hydrogen (secondary N) is 1. The van der Waals surface area contributed by atoms with Crippen molar-refractivity contribution in [3.8, 4) is 5.75 Å². The van der Waals surface area contributed by atoms with Crippen LogP contribution in [0.15, 0.2) is 24.3 Å². The summed E-state index contributed by atoms with van der Waals surface area (Å²) >= 11 is 0. The van der Waals surface area contributed by atoms with E-state index in [4.69, 9.17) is 4.74 Å². The van der Waals surface area contributed by atoms with E-state index < -0.39 is 0 Å². The molecule has 1 aliphatic rings. The second kappa shape index (κ2) is 7.51. The summed E-state index contributed by atoms with van der Waals surface area (Å²) in [5.74, 6) is 0.985. The highest BCUT2D eigenvalue weighted by Crippen LogP contribution is 2.15. The van der Waals surface area contributed by atoms with Crippen molar-refractivity contribution in [3.05, 3.63) is 29.8 Å². The second-order valence-corrected chi connectivity index (χ2v) is 5.40. The molecule has 19 heavy (non-hydrogen) atoms. The van der Waals surface area contributed by atoms with Crippen LogP contribution in [0.4, 0.5) is 0 Å². The van der Waals surface area contributed by atoms with Crippen LogP contribution in [0.2, 0.25) is 0 Å². The normalized spacial score (nSPS) is 19.8. The maximum atomic E-state index is 5.66. The first-order chi connectivity index (χ1) is 9.29. The Hall–Kier alpha value is -1.06. The van der Waals surface area contributed by atoms with Crippen molar-refractivity contribution in [2.24, 2.45) is 0 Å². The molecule has 0 aliphatic carbocycles. The standard InChI is InChI=1S/C16H26N2O/c1-3-10-19-16-8-4-6-14(11-16)12-17-13-15-7-5-9-18(15)2/h4,6,8,11,15,17H,3,5,7,9-10,12-13H2,1-2H3. The average Bonchev–Trinajstić information content (AvgIpc) is 2.83. The SMILES string of the molecule is CCCOc1cccc(CNCC2CCCN2C)c1. The van der Waals surface area contributed by atoms with E-state index in [1.165, 1.54) is 24.9 Å². The zero-order valence-electron chi connectivity index (χ0n) is 12.2. The number of likely N-dealkylation sites (tertiary alicyclic amines) is 1. The number of nitrogens with zero attached hydrogens (tertiary/aromatic N) is 1. The fraction of sp³-hybridized carbons (Fsp3) is 0.625. The Balaban J connectivity index is 1.75. The lowest BCUT2D eigenvalue weighted by molar-refractivity contribution is 0.300. The van der Waals surface area contributed by atoms with Crippen LogP contribution < -0.4 is 10.1 Å². The van der Waals surface area contributed by atoms with Gasteiger partial charge in [0.1, 0.15) is 5.75 Å². The Labute approximate surface area is 116 Å². The molecule has 1 N–H and O–H groups in total. The maximum Gasteiger partial charge on any atom is 0.119 e. The zero-order chi connectivity index (χ0) is 13.5. The molecule has 0 saturated carbocycles. The summed E-state index contributed by atoms with van der Waals surface area (Å²) in [4.78, 5) is 2.45. The molecule has 3 nitrogen and oxygen atoms in total. The van der Waals surface area contributed by atoms with Crippen LogP contribution in [0.3, 0.4) is 0 Å². The van der Waals surface area contributed by atoms with Gasteiger partial charge in [0.2, 0.25) is 0 Å². The summed E-state index contributed by atoms with van der Waals surface area (Å²) < 4.78 is 5.66. The van der Waals surface area contributed by atoms with Crippen molar-refractivity contribution in [1.82, 2.24) is 10.2 Å². The Morgan fingerprint density at radius 1 is 1.42 bits per heavy atom. The molecule has 1 aromatic carbocycles. The number of hydrogen-bond donors (Lipinski definition) is 1. The summed E-state index contributed by atoms with van der Waals surface area (Å²) in [6.07, 6.45) is 3.71. The number of likely N-dealkylation sites (N-methyl/N-ethyl adjacent to an activating group) is 1. The van der Waals surface area contributed by atoms with Gasteiger partial charge in [-0.2, -0.15) is 0 Å². The number of ether oxygens (including phenoxy) is 1. The minimum Gasteiger partial charge on any atom is -0.494 e. The van der Waals surface area contributed by atoms with E-state index in [0.717, 1.165) is 31.9 Å². The molecule has 0 bridgehead atoms. The van der Waals surface area contributed by atoms with Gasteiger partial charge < -0.3 is 15.0 Å². The molecule has 1 aromatic rings. The van der Waals surface area contributed by atoms with E-state index >= 15 is 0 Å². The first-order valence-electron chi connectivity index (χ1n) is 7.42. The lowest BCUT2D eigenvalue weighted by atomic mass is 10.2. The van der Waals surface area contributed by atoms with Crippen LogP contribution in [-0.4, -0.2) is 37.7 Å². The molecule has 2 rings (SSSR count). The largest absolute Gasteiger partial charge is 0.494 e. The quantitative estimate of drug-likeness (QED) is 0.817. The Bertz CT molecular complexity index is 381. The van der Waals surface area contributed by atoms with Gasteiger partial charge in [-0.15, -0.1) is 0 Å². The number of rotatable bonds is 7. The molecule has 1 unspecified atom stereocenters. The van der Waals surface area contributed by atoms with E-state index in [1.54, 1.807) is 0 Å². The van der Waals surface area contributed by atoms with E-state index in [2.05, 4.69) is 42.4 Å². The second-order valence-electron chi connectivity index (χ2n) is 5.40. The molecule has 0 amide bonds.